The van der Waals surface area contributed by atoms with Gasteiger partial charge in [-0.25, -0.2) is 4.39 Å². The molecule has 0 aromatic carbocycles. The van der Waals surface area contributed by atoms with Gasteiger partial charge < -0.3 is 14.2 Å². The van der Waals surface area contributed by atoms with Gasteiger partial charge in [0.05, 0.1) is 23.0 Å². The molecular formula is C25H30Cl2FNO4. The van der Waals surface area contributed by atoms with Crippen molar-refractivity contribution in [1.29, 1.82) is 5.26 Å². The van der Waals surface area contributed by atoms with E-state index in [2.05, 4.69) is 13.0 Å². The summed E-state index contributed by atoms with van der Waals surface area (Å²) in [6.07, 6.45) is 2.36. The molecule has 0 radical (unpaired) electrons. The van der Waals surface area contributed by atoms with Gasteiger partial charge in [-0.05, 0) is 55.6 Å². The Hall–Kier alpha value is -0.710. The number of allylic oxidation sites excluding steroid dienone is 1. The van der Waals surface area contributed by atoms with Crippen molar-refractivity contribution in [2.45, 2.75) is 99.3 Å². The lowest BCUT2D eigenvalue weighted by Crippen LogP contribution is -2.70. The number of ether oxygens (including phenoxy) is 3. The van der Waals surface area contributed by atoms with Gasteiger partial charge in [0.25, 0.3) is 0 Å². The molecule has 6 aliphatic rings. The molecule has 0 N–H and O–H groups in total. The largest absolute Gasteiger partial charge is 0.351 e. The second-order valence-electron chi connectivity index (χ2n) is 11.5. The van der Waals surface area contributed by atoms with Gasteiger partial charge in [0, 0.05) is 17.3 Å². The Morgan fingerprint density at radius 3 is 2.67 bits per heavy atom. The fourth-order valence-electron chi connectivity index (χ4n) is 8.68. The molecule has 6 rings (SSSR count). The predicted octanol–water partition coefficient (Wildman–Crippen LogP) is 4.84. The second-order valence-corrected chi connectivity index (χ2v) is 12.6. The van der Waals surface area contributed by atoms with E-state index in [1.54, 1.807) is 0 Å². The molecule has 5 fully saturated rings. The lowest BCUT2D eigenvalue weighted by atomic mass is 9.44. The molecule has 2 unspecified atom stereocenters. The number of halogens is 3. The minimum atomic E-state index is -1.24. The first-order valence-electron chi connectivity index (χ1n) is 12.1. The van der Waals surface area contributed by atoms with Gasteiger partial charge in [0.15, 0.2) is 12.1 Å². The van der Waals surface area contributed by atoms with Crippen molar-refractivity contribution in [1.82, 2.24) is 0 Å². The minimum Gasteiger partial charge on any atom is -0.351 e. The van der Waals surface area contributed by atoms with Gasteiger partial charge in [-0.2, -0.15) is 5.26 Å². The first-order chi connectivity index (χ1) is 15.5. The normalized spacial score (nSPS) is 59.1. The Morgan fingerprint density at radius 1 is 1.30 bits per heavy atom. The summed E-state index contributed by atoms with van der Waals surface area (Å²) < 4.78 is 34.5. The van der Waals surface area contributed by atoms with Crippen molar-refractivity contribution >= 4 is 29.0 Å². The smallest absolute Gasteiger partial charge is 0.209 e. The number of carbonyl (C=O) groups is 1. The average molecular weight is 498 g/mol. The molecule has 5 nitrogen and oxygen atoms in total. The van der Waals surface area contributed by atoms with Gasteiger partial charge in [0.2, 0.25) is 5.60 Å². The zero-order valence-electron chi connectivity index (χ0n) is 19.2. The number of hydrogen-bond acceptors (Lipinski definition) is 5. The Labute approximate surface area is 203 Å². The standard InChI is InChI=1S/C25H30Cl2FNO4/c1-4-20-32-19-9-14-15-8-17(28)16-7-13(30)5-6-21(16,2)24(15,27)18(26)10-22(14,3)25(19,33-20)23(11-29)12-31-23/h7,14-15,17-20H,4-6,8-10,12H2,1-3H3/t14-,15-,17-,18-,19+,20?,21-,22-,23?,24-,25+/m0/s1. The van der Waals surface area contributed by atoms with E-state index in [9.17, 15) is 10.1 Å². The van der Waals surface area contributed by atoms with Crippen molar-refractivity contribution in [3.05, 3.63) is 11.6 Å². The van der Waals surface area contributed by atoms with E-state index in [0.717, 1.165) is 0 Å². The van der Waals surface area contributed by atoms with Crippen LogP contribution in [0, 0.1) is 34.0 Å². The first kappa shape index (κ1) is 22.7. The van der Waals surface area contributed by atoms with E-state index >= 15 is 4.39 Å². The summed E-state index contributed by atoms with van der Waals surface area (Å²) in [5.41, 5.74) is -2.81. The molecular weight excluding hydrogens is 468 g/mol. The van der Waals surface area contributed by atoms with Crippen LogP contribution in [0.15, 0.2) is 11.6 Å². The van der Waals surface area contributed by atoms with E-state index in [0.29, 0.717) is 44.3 Å². The highest BCUT2D eigenvalue weighted by Gasteiger charge is 2.85. The lowest BCUT2D eigenvalue weighted by molar-refractivity contribution is -0.189. The van der Waals surface area contributed by atoms with Crippen LogP contribution < -0.4 is 0 Å². The summed E-state index contributed by atoms with van der Waals surface area (Å²) in [5, 5.41) is 9.67. The fraction of sp³-hybridized carbons (Fsp3) is 0.840. The second kappa shape index (κ2) is 6.73. The van der Waals surface area contributed by atoms with E-state index in [-0.39, 0.29) is 30.1 Å². The van der Waals surface area contributed by atoms with Crippen LogP contribution in [-0.4, -0.2) is 52.4 Å². The molecule has 180 valence electrons. The Kier molecular flexibility index (Phi) is 4.64. The molecule has 11 atom stereocenters. The molecule has 4 aliphatic carbocycles. The van der Waals surface area contributed by atoms with Gasteiger partial charge >= 0.3 is 0 Å². The summed E-state index contributed by atoms with van der Waals surface area (Å²) in [5.74, 6) is -0.328. The van der Waals surface area contributed by atoms with E-state index in [4.69, 9.17) is 37.4 Å². The zero-order valence-corrected chi connectivity index (χ0v) is 20.7. The summed E-state index contributed by atoms with van der Waals surface area (Å²) in [6, 6.07) is 2.40. The van der Waals surface area contributed by atoms with Gasteiger partial charge in [0.1, 0.15) is 17.8 Å². The van der Waals surface area contributed by atoms with Gasteiger partial charge in [-0.15, -0.1) is 23.2 Å². The predicted molar refractivity (Wildman–Crippen MR) is 120 cm³/mol. The van der Waals surface area contributed by atoms with Gasteiger partial charge in [-0.1, -0.05) is 20.8 Å². The number of nitriles is 1. The average Bonchev–Trinajstić information content (AvgIpc) is 3.43. The van der Waals surface area contributed by atoms with Crippen molar-refractivity contribution in [2.24, 2.45) is 22.7 Å². The van der Waals surface area contributed by atoms with E-state index in [1.807, 2.05) is 13.8 Å². The highest BCUT2D eigenvalue weighted by Crippen LogP contribution is 2.76. The van der Waals surface area contributed by atoms with E-state index < -0.39 is 44.7 Å². The topological polar surface area (TPSA) is 71.9 Å². The summed E-state index contributed by atoms with van der Waals surface area (Å²) in [6.45, 7) is 6.40. The van der Waals surface area contributed by atoms with Crippen LogP contribution in [0.2, 0.25) is 0 Å². The number of fused-ring (bicyclic) bond motifs is 7. The number of ketones is 1. The van der Waals surface area contributed by atoms with Crippen LogP contribution >= 0.6 is 23.2 Å². The molecule has 8 heteroatoms. The van der Waals surface area contributed by atoms with Crippen LogP contribution in [0.4, 0.5) is 4.39 Å². The number of hydrogen-bond donors (Lipinski definition) is 0. The van der Waals surface area contributed by atoms with Crippen molar-refractivity contribution < 1.29 is 23.4 Å². The maximum Gasteiger partial charge on any atom is 0.209 e. The minimum absolute atomic E-state index is 0.0424. The molecule has 33 heavy (non-hydrogen) atoms. The van der Waals surface area contributed by atoms with Crippen molar-refractivity contribution in [3.63, 3.8) is 0 Å². The maximum atomic E-state index is 15.7. The monoisotopic (exact) mass is 497 g/mol. The zero-order chi connectivity index (χ0) is 23.6. The highest BCUT2D eigenvalue weighted by molar-refractivity contribution is 6.33. The molecule has 0 amide bonds. The molecule has 3 saturated carbocycles. The van der Waals surface area contributed by atoms with E-state index in [1.165, 1.54) is 6.08 Å². The molecule has 0 aromatic heterocycles. The highest BCUT2D eigenvalue weighted by atomic mass is 35.5. The molecule has 0 aromatic rings. The fourth-order valence-corrected chi connectivity index (χ4v) is 9.92. The summed E-state index contributed by atoms with van der Waals surface area (Å²) >= 11 is 14.8. The quantitative estimate of drug-likeness (QED) is 0.403. The Balaban J connectivity index is 1.49. The van der Waals surface area contributed by atoms with Crippen LogP contribution in [-0.2, 0) is 19.0 Å². The molecule has 2 heterocycles. The molecule has 0 spiro atoms. The van der Waals surface area contributed by atoms with Crippen molar-refractivity contribution in [2.75, 3.05) is 6.61 Å². The third kappa shape index (κ3) is 2.38. The third-order valence-corrected chi connectivity index (χ3v) is 11.9. The Morgan fingerprint density at radius 2 is 2.03 bits per heavy atom. The van der Waals surface area contributed by atoms with Gasteiger partial charge in [-0.3, -0.25) is 4.79 Å². The van der Waals surface area contributed by atoms with Crippen LogP contribution in [0.1, 0.15) is 59.3 Å². The van der Waals surface area contributed by atoms with Crippen LogP contribution in [0.3, 0.4) is 0 Å². The number of rotatable bonds is 2. The summed E-state index contributed by atoms with van der Waals surface area (Å²) in [4.78, 5) is 11.3. The van der Waals surface area contributed by atoms with Crippen LogP contribution in [0.5, 0.6) is 0 Å². The Bertz CT molecular complexity index is 995. The van der Waals surface area contributed by atoms with Crippen molar-refractivity contribution in [3.8, 4) is 6.07 Å². The molecule has 0 bridgehead atoms. The number of alkyl halides is 3. The lowest BCUT2D eigenvalue weighted by Gasteiger charge is -2.65. The third-order valence-electron chi connectivity index (χ3n) is 10.3. The first-order valence-corrected chi connectivity index (χ1v) is 12.9. The van der Waals surface area contributed by atoms with Crippen LogP contribution in [0.25, 0.3) is 0 Å². The molecule has 2 saturated heterocycles. The maximum absolute atomic E-state index is 15.7. The summed E-state index contributed by atoms with van der Waals surface area (Å²) in [7, 11) is 0. The molecule has 2 aliphatic heterocycles. The number of carbonyl (C=O) groups excluding carboxylic acids is 1. The number of epoxide rings is 1. The SMILES string of the molecule is CCC1O[C@@H]2C[C@H]3[C@@H]4C[C@H](F)C5=CC(=O)CC[C@]5(C)[C@@]4(Cl)[C@@H](Cl)C[C@]3(C)[C@]2(C2(C#N)CO2)O1. The number of nitrogens with zero attached hydrogens (tertiary/aromatic N) is 1.